The fraction of sp³-hybridized carbons (Fsp3) is 0.417. The van der Waals surface area contributed by atoms with Gasteiger partial charge in [0.2, 0.25) is 15.9 Å². The van der Waals surface area contributed by atoms with Gasteiger partial charge >= 0.3 is 0 Å². The van der Waals surface area contributed by atoms with Gasteiger partial charge in [-0.3, -0.25) is 4.79 Å². The van der Waals surface area contributed by atoms with Crippen molar-refractivity contribution in [3.8, 4) is 0 Å². The van der Waals surface area contributed by atoms with Crippen molar-refractivity contribution in [3.63, 3.8) is 0 Å². The van der Waals surface area contributed by atoms with Crippen LogP contribution in [0.25, 0.3) is 0 Å². The van der Waals surface area contributed by atoms with Gasteiger partial charge in [0.15, 0.2) is 0 Å². The second kappa shape index (κ2) is 6.65. The lowest BCUT2D eigenvalue weighted by Crippen LogP contribution is -2.30. The monoisotopic (exact) mass is 285 g/mol. The molecule has 0 radical (unpaired) electrons. The molecule has 1 amide bonds. The molecule has 19 heavy (non-hydrogen) atoms. The van der Waals surface area contributed by atoms with E-state index >= 15 is 0 Å². The Morgan fingerprint density at radius 3 is 2.37 bits per heavy atom. The molecule has 0 bridgehead atoms. The molecular formula is C12H19N3O3S. The van der Waals surface area contributed by atoms with E-state index in [1.165, 1.54) is 12.1 Å². The summed E-state index contributed by atoms with van der Waals surface area (Å²) in [6.07, 6.45) is 1.03. The highest BCUT2D eigenvalue weighted by Gasteiger charge is 2.09. The summed E-state index contributed by atoms with van der Waals surface area (Å²) < 4.78 is 22.1. The van der Waals surface area contributed by atoms with Crippen molar-refractivity contribution >= 4 is 15.9 Å². The number of rotatable bonds is 6. The second-order valence-electron chi connectivity index (χ2n) is 4.34. The number of hydrogen-bond acceptors (Lipinski definition) is 4. The maximum atomic E-state index is 11.5. The number of benzene rings is 1. The molecule has 0 saturated carbocycles. The summed E-state index contributed by atoms with van der Waals surface area (Å²) >= 11 is 0. The van der Waals surface area contributed by atoms with Gasteiger partial charge in [-0.2, -0.15) is 0 Å². The quantitative estimate of drug-likeness (QED) is 0.686. The predicted molar refractivity (Wildman–Crippen MR) is 72.5 cm³/mol. The van der Waals surface area contributed by atoms with Gasteiger partial charge in [0.25, 0.3) is 0 Å². The number of amides is 1. The first-order valence-corrected chi connectivity index (χ1v) is 7.51. The lowest BCUT2D eigenvalue weighted by Gasteiger charge is -2.09. The number of hydrogen-bond donors (Lipinski definition) is 3. The van der Waals surface area contributed by atoms with Crippen molar-refractivity contribution in [2.75, 3.05) is 0 Å². The Labute approximate surface area is 113 Å². The molecule has 0 aromatic heterocycles. The smallest absolute Gasteiger partial charge is 0.238 e. The number of nitrogens with one attached hydrogen (secondary N) is 1. The molecule has 0 aliphatic carbocycles. The normalized spacial score (nSPS) is 13.0. The number of carbonyl (C=O) groups is 1. The van der Waals surface area contributed by atoms with Crippen molar-refractivity contribution in [3.05, 3.63) is 29.8 Å². The number of primary sulfonamides is 1. The zero-order valence-electron chi connectivity index (χ0n) is 10.8. The molecule has 7 heteroatoms. The topological polar surface area (TPSA) is 115 Å². The Morgan fingerprint density at radius 1 is 1.32 bits per heavy atom. The van der Waals surface area contributed by atoms with E-state index in [1.807, 2.05) is 6.92 Å². The minimum absolute atomic E-state index is 0.0515. The third kappa shape index (κ3) is 5.37. The van der Waals surface area contributed by atoms with Gasteiger partial charge in [0, 0.05) is 19.0 Å². The van der Waals surface area contributed by atoms with Crippen LogP contribution in [0.15, 0.2) is 29.2 Å². The molecule has 5 N–H and O–H groups in total. The molecule has 0 spiro atoms. The highest BCUT2D eigenvalue weighted by Crippen LogP contribution is 2.08. The van der Waals surface area contributed by atoms with E-state index in [9.17, 15) is 13.2 Å². The van der Waals surface area contributed by atoms with Crippen LogP contribution < -0.4 is 16.2 Å². The van der Waals surface area contributed by atoms with Crippen LogP contribution >= 0.6 is 0 Å². The SMILES string of the molecule is CCC(N)CC(=O)NCc1ccc(S(N)(=O)=O)cc1. The molecule has 1 unspecified atom stereocenters. The molecule has 1 rings (SSSR count). The van der Waals surface area contributed by atoms with Crippen molar-refractivity contribution in [2.45, 2.75) is 37.2 Å². The van der Waals surface area contributed by atoms with Crippen LogP contribution in [0, 0.1) is 0 Å². The maximum absolute atomic E-state index is 11.5. The van der Waals surface area contributed by atoms with Crippen LogP contribution in [0.5, 0.6) is 0 Å². The molecule has 1 aromatic carbocycles. The van der Waals surface area contributed by atoms with Crippen molar-refractivity contribution in [1.29, 1.82) is 0 Å². The Hall–Kier alpha value is -1.44. The van der Waals surface area contributed by atoms with E-state index in [0.717, 1.165) is 12.0 Å². The van der Waals surface area contributed by atoms with E-state index < -0.39 is 10.0 Å². The molecule has 1 atom stereocenters. The average molecular weight is 285 g/mol. The Kier molecular flexibility index (Phi) is 5.46. The van der Waals surface area contributed by atoms with Gasteiger partial charge in [-0.05, 0) is 24.1 Å². The summed E-state index contributed by atoms with van der Waals surface area (Å²) in [4.78, 5) is 11.6. The molecule has 0 aliphatic heterocycles. The second-order valence-corrected chi connectivity index (χ2v) is 5.90. The molecule has 1 aromatic rings. The van der Waals surface area contributed by atoms with E-state index in [2.05, 4.69) is 5.32 Å². The lowest BCUT2D eigenvalue weighted by molar-refractivity contribution is -0.121. The minimum Gasteiger partial charge on any atom is -0.352 e. The zero-order chi connectivity index (χ0) is 14.5. The first kappa shape index (κ1) is 15.6. The first-order chi connectivity index (χ1) is 8.82. The summed E-state index contributed by atoms with van der Waals surface area (Å²) in [5, 5.41) is 7.71. The van der Waals surface area contributed by atoms with Gasteiger partial charge in [-0.15, -0.1) is 0 Å². The van der Waals surface area contributed by atoms with Gasteiger partial charge < -0.3 is 11.1 Å². The zero-order valence-corrected chi connectivity index (χ0v) is 11.6. The van der Waals surface area contributed by atoms with Crippen molar-refractivity contribution in [2.24, 2.45) is 10.9 Å². The molecule has 0 aliphatic rings. The standard InChI is InChI=1S/C12H19N3O3S/c1-2-10(13)7-12(16)15-8-9-3-5-11(6-4-9)19(14,17)18/h3-6,10H,2,7-8,13H2,1H3,(H,15,16)(H2,14,17,18). The fourth-order valence-corrected chi connectivity index (χ4v) is 1.97. The summed E-state index contributed by atoms with van der Waals surface area (Å²) in [6.45, 7) is 2.25. The molecule has 0 heterocycles. The molecule has 0 saturated heterocycles. The predicted octanol–water partition coefficient (Wildman–Crippen LogP) is 0.0776. The van der Waals surface area contributed by atoms with Gasteiger partial charge in [0.05, 0.1) is 4.90 Å². The largest absolute Gasteiger partial charge is 0.352 e. The van der Waals surface area contributed by atoms with Gasteiger partial charge in [0.1, 0.15) is 0 Å². The number of sulfonamides is 1. The number of nitrogens with two attached hydrogens (primary N) is 2. The van der Waals surface area contributed by atoms with Crippen LogP contribution in [-0.4, -0.2) is 20.4 Å². The highest BCUT2D eigenvalue weighted by atomic mass is 32.2. The minimum atomic E-state index is -3.67. The van der Waals surface area contributed by atoms with Crippen LogP contribution in [0.4, 0.5) is 0 Å². The van der Waals surface area contributed by atoms with E-state index in [-0.39, 0.29) is 23.3 Å². The third-order valence-corrected chi connectivity index (χ3v) is 3.64. The lowest BCUT2D eigenvalue weighted by atomic mass is 10.1. The Bertz CT molecular complexity index is 526. The van der Waals surface area contributed by atoms with Gasteiger partial charge in [-0.25, -0.2) is 13.6 Å². The van der Waals surface area contributed by atoms with E-state index in [1.54, 1.807) is 12.1 Å². The Morgan fingerprint density at radius 2 is 1.89 bits per heavy atom. The molecule has 0 fully saturated rings. The Balaban J connectivity index is 2.53. The molecule has 106 valence electrons. The number of carbonyl (C=O) groups excluding carboxylic acids is 1. The van der Waals surface area contributed by atoms with Crippen LogP contribution in [0.2, 0.25) is 0 Å². The van der Waals surface area contributed by atoms with Crippen molar-refractivity contribution in [1.82, 2.24) is 5.32 Å². The van der Waals surface area contributed by atoms with Gasteiger partial charge in [-0.1, -0.05) is 19.1 Å². The molecular weight excluding hydrogens is 266 g/mol. The molecule has 6 nitrogen and oxygen atoms in total. The van der Waals surface area contributed by atoms with E-state index in [0.29, 0.717) is 6.54 Å². The first-order valence-electron chi connectivity index (χ1n) is 5.97. The summed E-state index contributed by atoms with van der Waals surface area (Å²) in [5.74, 6) is -0.120. The highest BCUT2D eigenvalue weighted by molar-refractivity contribution is 7.89. The summed E-state index contributed by atoms with van der Waals surface area (Å²) in [7, 11) is -3.67. The van der Waals surface area contributed by atoms with E-state index in [4.69, 9.17) is 10.9 Å². The fourth-order valence-electron chi connectivity index (χ4n) is 1.45. The summed E-state index contributed by atoms with van der Waals surface area (Å²) in [5.41, 5.74) is 6.47. The third-order valence-electron chi connectivity index (χ3n) is 2.71. The average Bonchev–Trinajstić information content (AvgIpc) is 2.35. The summed E-state index contributed by atoms with van der Waals surface area (Å²) in [6, 6.07) is 5.91. The van der Waals surface area contributed by atoms with Crippen molar-refractivity contribution < 1.29 is 13.2 Å². The van der Waals surface area contributed by atoms with Crippen LogP contribution in [-0.2, 0) is 21.4 Å². The maximum Gasteiger partial charge on any atom is 0.238 e. The van der Waals surface area contributed by atoms with Crippen LogP contribution in [0.3, 0.4) is 0 Å². The van der Waals surface area contributed by atoms with Crippen LogP contribution in [0.1, 0.15) is 25.3 Å².